The molecule has 3 aromatic rings. The van der Waals surface area contributed by atoms with Crippen molar-refractivity contribution in [2.45, 2.75) is 33.3 Å². The minimum atomic E-state index is -0.422. The van der Waals surface area contributed by atoms with E-state index in [4.69, 9.17) is 14.6 Å². The van der Waals surface area contributed by atoms with Crippen molar-refractivity contribution in [2.24, 2.45) is 0 Å². The fraction of sp³-hybridized carbons (Fsp3) is 0.296. The van der Waals surface area contributed by atoms with Crippen LogP contribution in [-0.2, 0) is 9.53 Å². The van der Waals surface area contributed by atoms with Gasteiger partial charge in [-0.1, -0.05) is 18.2 Å². The zero-order valence-corrected chi connectivity index (χ0v) is 20.0. The van der Waals surface area contributed by atoms with Crippen LogP contribution in [0.2, 0.25) is 0 Å². The Labute approximate surface area is 200 Å². The lowest BCUT2D eigenvalue weighted by Gasteiger charge is -2.13. The first kappa shape index (κ1) is 24.7. The van der Waals surface area contributed by atoms with Gasteiger partial charge in [0.15, 0.2) is 0 Å². The van der Waals surface area contributed by atoms with Crippen LogP contribution in [0.25, 0.3) is 23.0 Å². The molecule has 3 rings (SSSR count). The van der Waals surface area contributed by atoms with Crippen molar-refractivity contribution in [1.82, 2.24) is 15.1 Å². The number of carbonyl (C=O) groups is 1. The molecule has 7 heteroatoms. The van der Waals surface area contributed by atoms with Crippen molar-refractivity contribution in [3.05, 3.63) is 71.4 Å². The predicted molar refractivity (Wildman–Crippen MR) is 133 cm³/mol. The average molecular weight is 459 g/mol. The van der Waals surface area contributed by atoms with Crippen LogP contribution in [0.15, 0.2) is 60.3 Å². The van der Waals surface area contributed by atoms with E-state index in [9.17, 15) is 10.1 Å². The van der Waals surface area contributed by atoms with Gasteiger partial charge < -0.3 is 14.8 Å². The molecule has 1 aromatic heterocycles. The van der Waals surface area contributed by atoms with Gasteiger partial charge in [0.25, 0.3) is 5.91 Å². The summed E-state index contributed by atoms with van der Waals surface area (Å²) in [6.07, 6.45) is 4.15. The number of aryl methyl sites for hydroxylation is 1. The van der Waals surface area contributed by atoms with E-state index >= 15 is 0 Å². The number of rotatable bonds is 10. The maximum absolute atomic E-state index is 12.6. The molecular formula is C27H30N4O3. The number of methoxy groups -OCH3 is 1. The first-order chi connectivity index (χ1) is 16.4. The molecule has 0 saturated carbocycles. The van der Waals surface area contributed by atoms with Crippen molar-refractivity contribution in [3.63, 3.8) is 0 Å². The Balaban J connectivity index is 2.01. The Morgan fingerprint density at radius 3 is 2.65 bits per heavy atom. The number of hydrogen-bond acceptors (Lipinski definition) is 5. The van der Waals surface area contributed by atoms with Crippen LogP contribution >= 0.6 is 0 Å². The summed E-state index contributed by atoms with van der Waals surface area (Å²) in [5.74, 6) is 0.389. The van der Waals surface area contributed by atoms with Crippen LogP contribution in [0.4, 0.5) is 0 Å². The molecule has 1 heterocycles. The van der Waals surface area contributed by atoms with E-state index in [0.29, 0.717) is 30.8 Å². The molecule has 0 bridgehead atoms. The summed E-state index contributed by atoms with van der Waals surface area (Å²) in [6, 6.07) is 17.6. The zero-order valence-electron chi connectivity index (χ0n) is 20.0. The Kier molecular flexibility index (Phi) is 8.60. The smallest absolute Gasteiger partial charge is 0.261 e. The second-order valence-corrected chi connectivity index (χ2v) is 8.13. The first-order valence-corrected chi connectivity index (χ1v) is 11.2. The Morgan fingerprint density at radius 2 is 2.00 bits per heavy atom. The maximum atomic E-state index is 12.6. The molecule has 34 heavy (non-hydrogen) atoms. The molecule has 1 N–H and O–H groups in total. The minimum absolute atomic E-state index is 0.0164. The number of carbonyl (C=O) groups excluding carboxylic acids is 1. The highest BCUT2D eigenvalue weighted by atomic mass is 16.5. The van der Waals surface area contributed by atoms with Gasteiger partial charge in [0.2, 0.25) is 0 Å². The lowest BCUT2D eigenvalue weighted by molar-refractivity contribution is -0.117. The number of hydrogen-bond donors (Lipinski definition) is 1. The molecule has 0 atom stereocenters. The van der Waals surface area contributed by atoms with E-state index in [0.717, 1.165) is 22.6 Å². The van der Waals surface area contributed by atoms with Crippen molar-refractivity contribution >= 4 is 12.0 Å². The Hall–Kier alpha value is -3.89. The van der Waals surface area contributed by atoms with Gasteiger partial charge in [-0.3, -0.25) is 4.79 Å². The van der Waals surface area contributed by atoms with E-state index in [-0.39, 0.29) is 11.7 Å². The van der Waals surface area contributed by atoms with Crippen LogP contribution in [-0.4, -0.2) is 42.1 Å². The Morgan fingerprint density at radius 1 is 1.24 bits per heavy atom. The highest BCUT2D eigenvalue weighted by Gasteiger charge is 2.16. The molecule has 176 valence electrons. The van der Waals surface area contributed by atoms with Gasteiger partial charge in [-0.2, -0.15) is 10.4 Å². The summed E-state index contributed by atoms with van der Waals surface area (Å²) in [4.78, 5) is 12.6. The van der Waals surface area contributed by atoms with Crippen molar-refractivity contribution in [3.8, 4) is 28.8 Å². The quantitative estimate of drug-likeness (QED) is 0.270. The zero-order chi connectivity index (χ0) is 24.5. The molecule has 0 radical (unpaired) electrons. The highest BCUT2D eigenvalue weighted by molar-refractivity contribution is 6.02. The van der Waals surface area contributed by atoms with Crippen LogP contribution < -0.4 is 10.1 Å². The predicted octanol–water partition coefficient (Wildman–Crippen LogP) is 4.69. The van der Waals surface area contributed by atoms with Gasteiger partial charge in [0.05, 0.1) is 11.8 Å². The van der Waals surface area contributed by atoms with Gasteiger partial charge in [-0.05, 0) is 69.2 Å². The van der Waals surface area contributed by atoms with Crippen molar-refractivity contribution in [2.75, 3.05) is 20.3 Å². The molecule has 0 aliphatic carbocycles. The largest absolute Gasteiger partial charge is 0.491 e. The molecule has 0 fully saturated rings. The third-order valence-electron chi connectivity index (χ3n) is 5.05. The molecular weight excluding hydrogens is 428 g/mol. The molecule has 0 saturated heterocycles. The van der Waals surface area contributed by atoms with E-state index < -0.39 is 5.91 Å². The molecule has 1 amide bonds. The van der Waals surface area contributed by atoms with Gasteiger partial charge in [-0.15, -0.1) is 0 Å². The van der Waals surface area contributed by atoms with Crippen molar-refractivity contribution < 1.29 is 14.3 Å². The van der Waals surface area contributed by atoms with Crippen LogP contribution in [0.3, 0.4) is 0 Å². The number of nitriles is 1. The third-order valence-corrected chi connectivity index (χ3v) is 5.05. The van der Waals surface area contributed by atoms with Crippen molar-refractivity contribution in [1.29, 1.82) is 5.26 Å². The number of ether oxygens (including phenoxy) is 2. The Bertz CT molecular complexity index is 1190. The van der Waals surface area contributed by atoms with Gasteiger partial charge in [0.1, 0.15) is 23.1 Å². The average Bonchev–Trinajstić information content (AvgIpc) is 3.25. The summed E-state index contributed by atoms with van der Waals surface area (Å²) in [5, 5.41) is 17.2. The summed E-state index contributed by atoms with van der Waals surface area (Å²) in [5.41, 5.74) is 4.08. The SMILES string of the molecule is COCCCNC(=O)/C(C#N)=C/c1cn(-c2ccccc2)nc1-c1ccc(OC(C)C)c(C)c1. The van der Waals surface area contributed by atoms with Crippen LogP contribution in [0.5, 0.6) is 5.75 Å². The van der Waals surface area contributed by atoms with Gasteiger partial charge in [0, 0.05) is 37.6 Å². The number of amides is 1. The van der Waals surface area contributed by atoms with E-state index in [1.54, 1.807) is 17.9 Å². The molecule has 0 unspecified atom stereocenters. The lowest BCUT2D eigenvalue weighted by atomic mass is 10.0. The monoisotopic (exact) mass is 458 g/mol. The van der Waals surface area contributed by atoms with E-state index in [1.807, 2.05) is 81.6 Å². The van der Waals surface area contributed by atoms with Gasteiger partial charge >= 0.3 is 0 Å². The second kappa shape index (κ2) is 11.8. The molecule has 7 nitrogen and oxygen atoms in total. The lowest BCUT2D eigenvalue weighted by Crippen LogP contribution is -2.26. The van der Waals surface area contributed by atoms with E-state index in [2.05, 4.69) is 5.32 Å². The molecule has 0 aliphatic rings. The minimum Gasteiger partial charge on any atom is -0.491 e. The number of aromatic nitrogens is 2. The topological polar surface area (TPSA) is 89.2 Å². The normalized spacial score (nSPS) is 11.4. The number of benzene rings is 2. The van der Waals surface area contributed by atoms with E-state index in [1.165, 1.54) is 0 Å². The first-order valence-electron chi connectivity index (χ1n) is 11.2. The maximum Gasteiger partial charge on any atom is 0.261 e. The standard InChI is InChI=1S/C27H30N4O3/c1-19(2)34-25-12-11-21(15-20(25)3)26-23(18-31(30-26)24-9-6-5-7-10-24)16-22(17-28)27(32)29-13-8-14-33-4/h5-7,9-12,15-16,18-19H,8,13-14H2,1-4H3,(H,29,32)/b22-16+. The summed E-state index contributed by atoms with van der Waals surface area (Å²) >= 11 is 0. The number of nitrogens with zero attached hydrogens (tertiary/aromatic N) is 3. The van der Waals surface area contributed by atoms with Gasteiger partial charge in [-0.25, -0.2) is 4.68 Å². The van der Waals surface area contributed by atoms with Crippen LogP contribution in [0, 0.1) is 18.3 Å². The molecule has 2 aromatic carbocycles. The second-order valence-electron chi connectivity index (χ2n) is 8.13. The summed E-state index contributed by atoms with van der Waals surface area (Å²) in [6.45, 7) is 6.93. The molecule has 0 spiro atoms. The highest BCUT2D eigenvalue weighted by Crippen LogP contribution is 2.30. The van der Waals surface area contributed by atoms with Crippen LogP contribution in [0.1, 0.15) is 31.4 Å². The fourth-order valence-electron chi connectivity index (χ4n) is 3.43. The fourth-order valence-corrected chi connectivity index (χ4v) is 3.43. The molecule has 0 aliphatic heterocycles. The summed E-state index contributed by atoms with van der Waals surface area (Å²) < 4.78 is 12.6. The number of para-hydroxylation sites is 1. The summed E-state index contributed by atoms with van der Waals surface area (Å²) in [7, 11) is 1.61. The number of nitrogens with one attached hydrogen (secondary N) is 1. The third kappa shape index (κ3) is 6.33.